The van der Waals surface area contributed by atoms with E-state index in [1.54, 1.807) is 0 Å². The van der Waals surface area contributed by atoms with Gasteiger partial charge < -0.3 is 0 Å². The molecule has 0 aliphatic heterocycles. The van der Waals surface area contributed by atoms with Gasteiger partial charge in [-0.1, -0.05) is 55.4 Å². The van der Waals surface area contributed by atoms with E-state index in [2.05, 4.69) is 55.4 Å². The van der Waals surface area contributed by atoms with Crippen LogP contribution in [0.15, 0.2) is 0 Å². The van der Waals surface area contributed by atoms with Crippen molar-refractivity contribution in [3.8, 4) is 0 Å². The topological polar surface area (TPSA) is 0 Å². The molecule has 92 valence electrons. The highest BCUT2D eigenvalue weighted by Crippen LogP contribution is 2.32. The van der Waals surface area contributed by atoms with Gasteiger partial charge in [0, 0.05) is 0 Å². The molecule has 0 aliphatic rings. The minimum Gasteiger partial charge on any atom is -0.0625 e. The number of hydrogen-bond donors (Lipinski definition) is 0. The van der Waals surface area contributed by atoms with Gasteiger partial charge in [0.25, 0.3) is 0 Å². The first-order valence-electron chi connectivity index (χ1n) is 6.63. The molecule has 0 heteroatoms. The van der Waals surface area contributed by atoms with Crippen LogP contribution in [0.3, 0.4) is 0 Å². The maximum Gasteiger partial charge on any atom is -0.0380 e. The van der Waals surface area contributed by atoms with Crippen LogP contribution in [-0.4, -0.2) is 0 Å². The lowest BCUT2D eigenvalue weighted by molar-refractivity contribution is 0.210. The van der Waals surface area contributed by atoms with Gasteiger partial charge in [-0.3, -0.25) is 0 Å². The van der Waals surface area contributed by atoms with Crippen molar-refractivity contribution in [1.82, 2.24) is 0 Å². The fourth-order valence-corrected chi connectivity index (χ4v) is 2.26. The van der Waals surface area contributed by atoms with Crippen LogP contribution < -0.4 is 0 Å². The number of rotatable bonds is 5. The molecule has 0 N–H and O–H groups in total. The molecular weight excluding hydrogens is 180 g/mol. The molecule has 3 unspecified atom stereocenters. The average molecular weight is 212 g/mol. The second-order valence-corrected chi connectivity index (χ2v) is 7.18. The smallest absolute Gasteiger partial charge is 0.0380 e. The van der Waals surface area contributed by atoms with E-state index in [0.717, 1.165) is 23.7 Å². The zero-order valence-corrected chi connectivity index (χ0v) is 12.2. The molecule has 15 heavy (non-hydrogen) atoms. The average Bonchev–Trinajstić information content (AvgIpc) is 2.00. The van der Waals surface area contributed by atoms with Crippen LogP contribution >= 0.6 is 0 Å². The summed E-state index contributed by atoms with van der Waals surface area (Å²) in [6.07, 6.45) is 2.73. The largest absolute Gasteiger partial charge is 0.0625 e. The summed E-state index contributed by atoms with van der Waals surface area (Å²) in [7, 11) is 0. The summed E-state index contributed by atoms with van der Waals surface area (Å²) in [6.45, 7) is 19.0. The van der Waals surface area contributed by atoms with Gasteiger partial charge in [-0.15, -0.1) is 0 Å². The summed E-state index contributed by atoms with van der Waals surface area (Å²) in [5.74, 6) is 3.41. The summed E-state index contributed by atoms with van der Waals surface area (Å²) in [5, 5.41) is 0. The van der Waals surface area contributed by atoms with E-state index in [0.29, 0.717) is 5.41 Å². The lowest BCUT2D eigenvalue weighted by atomic mass is 9.76. The van der Waals surface area contributed by atoms with Gasteiger partial charge in [0.2, 0.25) is 0 Å². The molecule has 0 saturated heterocycles. The first-order chi connectivity index (χ1) is 6.63. The fourth-order valence-electron chi connectivity index (χ4n) is 2.26. The normalized spacial score (nSPS) is 19.0. The maximum absolute atomic E-state index is 2.43. The molecule has 0 aromatic heterocycles. The highest BCUT2D eigenvalue weighted by atomic mass is 14.3. The molecule has 0 spiro atoms. The van der Waals surface area contributed by atoms with Crippen LogP contribution in [0.25, 0.3) is 0 Å². The van der Waals surface area contributed by atoms with Crippen molar-refractivity contribution >= 4 is 0 Å². The predicted octanol–water partition coefficient (Wildman–Crippen LogP) is 5.38. The zero-order valence-electron chi connectivity index (χ0n) is 12.2. The SMILES string of the molecule is CC(C)C(C)CC(C)C(C)CC(C)(C)C. The Morgan fingerprint density at radius 3 is 1.53 bits per heavy atom. The van der Waals surface area contributed by atoms with E-state index in [9.17, 15) is 0 Å². The summed E-state index contributed by atoms with van der Waals surface area (Å²) >= 11 is 0. The highest BCUT2D eigenvalue weighted by molar-refractivity contribution is 4.72. The summed E-state index contributed by atoms with van der Waals surface area (Å²) < 4.78 is 0. The Balaban J connectivity index is 4.04. The lowest BCUT2D eigenvalue weighted by Gasteiger charge is -2.30. The standard InChI is InChI=1S/C15H32/c1-11(2)12(3)9-13(4)14(5)10-15(6,7)8/h11-14H,9-10H2,1-8H3. The Morgan fingerprint density at radius 2 is 1.20 bits per heavy atom. The predicted molar refractivity (Wildman–Crippen MR) is 71.0 cm³/mol. The van der Waals surface area contributed by atoms with E-state index in [-0.39, 0.29) is 0 Å². The van der Waals surface area contributed by atoms with Crippen molar-refractivity contribution < 1.29 is 0 Å². The van der Waals surface area contributed by atoms with E-state index < -0.39 is 0 Å². The molecule has 0 nitrogen and oxygen atoms in total. The van der Waals surface area contributed by atoms with Crippen molar-refractivity contribution in [2.45, 2.75) is 68.2 Å². The van der Waals surface area contributed by atoms with Crippen molar-refractivity contribution in [1.29, 1.82) is 0 Å². The molecule has 0 aromatic carbocycles. The monoisotopic (exact) mass is 212 g/mol. The van der Waals surface area contributed by atoms with Crippen LogP contribution in [0.2, 0.25) is 0 Å². The Kier molecular flexibility index (Phi) is 5.92. The summed E-state index contributed by atoms with van der Waals surface area (Å²) in [4.78, 5) is 0. The van der Waals surface area contributed by atoms with Crippen molar-refractivity contribution in [2.75, 3.05) is 0 Å². The lowest BCUT2D eigenvalue weighted by Crippen LogP contribution is -2.19. The van der Waals surface area contributed by atoms with Gasteiger partial charge in [0.05, 0.1) is 0 Å². The molecule has 0 heterocycles. The molecular formula is C15H32. The molecule has 0 rings (SSSR count). The van der Waals surface area contributed by atoms with Crippen molar-refractivity contribution in [3.63, 3.8) is 0 Å². The Labute approximate surface area is 97.8 Å². The van der Waals surface area contributed by atoms with Crippen molar-refractivity contribution in [3.05, 3.63) is 0 Å². The Bertz CT molecular complexity index is 161. The van der Waals surface area contributed by atoms with Crippen LogP contribution in [0.1, 0.15) is 68.2 Å². The second-order valence-electron chi connectivity index (χ2n) is 7.18. The van der Waals surface area contributed by atoms with Gasteiger partial charge in [0.1, 0.15) is 0 Å². The van der Waals surface area contributed by atoms with E-state index in [1.165, 1.54) is 12.8 Å². The van der Waals surface area contributed by atoms with Crippen LogP contribution in [0.4, 0.5) is 0 Å². The van der Waals surface area contributed by atoms with E-state index in [1.807, 2.05) is 0 Å². The third kappa shape index (κ3) is 6.98. The minimum atomic E-state index is 0.481. The maximum atomic E-state index is 2.43. The first kappa shape index (κ1) is 15.0. The van der Waals surface area contributed by atoms with E-state index >= 15 is 0 Å². The molecule has 0 aliphatic carbocycles. The third-order valence-corrected chi connectivity index (χ3v) is 3.79. The molecule has 0 amide bonds. The quantitative estimate of drug-likeness (QED) is 0.574. The van der Waals surface area contributed by atoms with Crippen molar-refractivity contribution in [2.24, 2.45) is 29.1 Å². The molecule has 0 aromatic rings. The third-order valence-electron chi connectivity index (χ3n) is 3.79. The second kappa shape index (κ2) is 5.92. The highest BCUT2D eigenvalue weighted by Gasteiger charge is 2.22. The van der Waals surface area contributed by atoms with Gasteiger partial charge in [0.15, 0.2) is 0 Å². The molecule has 3 atom stereocenters. The first-order valence-corrected chi connectivity index (χ1v) is 6.63. The molecule has 0 bridgehead atoms. The van der Waals surface area contributed by atoms with Crippen LogP contribution in [0.5, 0.6) is 0 Å². The van der Waals surface area contributed by atoms with Gasteiger partial charge in [-0.05, 0) is 41.9 Å². The van der Waals surface area contributed by atoms with Gasteiger partial charge >= 0.3 is 0 Å². The summed E-state index contributed by atoms with van der Waals surface area (Å²) in [6, 6.07) is 0. The van der Waals surface area contributed by atoms with Crippen LogP contribution in [0, 0.1) is 29.1 Å². The number of hydrogen-bond acceptors (Lipinski definition) is 0. The fraction of sp³-hybridized carbons (Fsp3) is 1.00. The molecule has 0 saturated carbocycles. The summed E-state index contributed by atoms with van der Waals surface area (Å²) in [5.41, 5.74) is 0.481. The van der Waals surface area contributed by atoms with Crippen LogP contribution in [-0.2, 0) is 0 Å². The molecule has 0 radical (unpaired) electrons. The van der Waals surface area contributed by atoms with E-state index in [4.69, 9.17) is 0 Å². The molecule has 0 fully saturated rings. The zero-order chi connectivity index (χ0) is 12.2. The van der Waals surface area contributed by atoms with Gasteiger partial charge in [-0.2, -0.15) is 0 Å². The minimum absolute atomic E-state index is 0.481. The Hall–Kier alpha value is 0. The van der Waals surface area contributed by atoms with Gasteiger partial charge in [-0.25, -0.2) is 0 Å². The Morgan fingerprint density at radius 1 is 0.733 bits per heavy atom.